The lowest BCUT2D eigenvalue weighted by molar-refractivity contribution is 0.100. The van der Waals surface area contributed by atoms with Crippen LogP contribution in [0.1, 0.15) is 10.4 Å². The van der Waals surface area contributed by atoms with Crippen LogP contribution in [0.25, 0.3) is 22.4 Å². The molecule has 0 bridgehead atoms. The first-order valence-corrected chi connectivity index (χ1v) is 5.56. The fraction of sp³-hybridized carbons (Fsp3) is 0. The molecular formula is C13H10N4O2. The summed E-state index contributed by atoms with van der Waals surface area (Å²) in [5.41, 5.74) is 12.4. The zero-order valence-corrected chi connectivity index (χ0v) is 9.83. The molecular weight excluding hydrogens is 244 g/mol. The molecule has 6 nitrogen and oxygen atoms in total. The number of nitrogen functional groups attached to an aromatic ring is 1. The predicted molar refractivity (Wildman–Crippen MR) is 70.2 cm³/mol. The van der Waals surface area contributed by atoms with Crippen LogP contribution in [0.2, 0.25) is 0 Å². The van der Waals surface area contributed by atoms with Crippen LogP contribution in [0, 0.1) is 0 Å². The number of fused-ring (bicyclic) bond motifs is 1. The van der Waals surface area contributed by atoms with E-state index >= 15 is 0 Å². The standard InChI is InChI=1S/C13H10N4O2/c14-11-8(12(15)18)5-16-13(17-11)9-6-19-10-4-2-1-3-7(9)10/h1-6H,(H2,15,18)(H2,14,16,17). The Hall–Kier alpha value is -2.89. The fourth-order valence-electron chi connectivity index (χ4n) is 1.87. The molecule has 19 heavy (non-hydrogen) atoms. The number of carbonyl (C=O) groups excluding carboxylic acids is 1. The van der Waals surface area contributed by atoms with Gasteiger partial charge in [-0.15, -0.1) is 0 Å². The van der Waals surface area contributed by atoms with Gasteiger partial charge in [-0.3, -0.25) is 4.79 Å². The van der Waals surface area contributed by atoms with E-state index in [1.54, 1.807) is 6.26 Å². The van der Waals surface area contributed by atoms with Gasteiger partial charge in [0.05, 0.1) is 11.1 Å². The zero-order chi connectivity index (χ0) is 13.4. The number of benzene rings is 1. The van der Waals surface area contributed by atoms with Crippen LogP contribution in [0.4, 0.5) is 5.82 Å². The van der Waals surface area contributed by atoms with Gasteiger partial charge in [0.1, 0.15) is 17.7 Å². The maximum Gasteiger partial charge on any atom is 0.254 e. The van der Waals surface area contributed by atoms with E-state index in [1.165, 1.54) is 6.20 Å². The third-order valence-corrected chi connectivity index (χ3v) is 2.81. The molecule has 0 atom stereocenters. The molecule has 0 spiro atoms. The smallest absolute Gasteiger partial charge is 0.254 e. The number of para-hydroxylation sites is 1. The Morgan fingerprint density at radius 2 is 2.05 bits per heavy atom. The van der Waals surface area contributed by atoms with E-state index in [1.807, 2.05) is 24.3 Å². The summed E-state index contributed by atoms with van der Waals surface area (Å²) >= 11 is 0. The van der Waals surface area contributed by atoms with E-state index in [-0.39, 0.29) is 11.4 Å². The molecule has 0 aliphatic heterocycles. The van der Waals surface area contributed by atoms with E-state index in [9.17, 15) is 4.79 Å². The number of hydrogen-bond donors (Lipinski definition) is 2. The minimum absolute atomic E-state index is 0.0581. The number of carbonyl (C=O) groups is 1. The molecule has 4 N–H and O–H groups in total. The Kier molecular flexibility index (Phi) is 2.42. The Morgan fingerprint density at radius 1 is 1.26 bits per heavy atom. The van der Waals surface area contributed by atoms with Gasteiger partial charge >= 0.3 is 0 Å². The quantitative estimate of drug-likeness (QED) is 0.721. The first-order valence-electron chi connectivity index (χ1n) is 5.56. The molecule has 2 aromatic heterocycles. The molecule has 0 aliphatic rings. The number of anilines is 1. The number of rotatable bonds is 2. The number of aromatic nitrogens is 2. The van der Waals surface area contributed by atoms with E-state index in [0.29, 0.717) is 5.82 Å². The van der Waals surface area contributed by atoms with Crippen LogP contribution >= 0.6 is 0 Å². The number of nitrogens with zero attached hydrogens (tertiary/aromatic N) is 2. The second-order valence-electron chi connectivity index (χ2n) is 4.00. The number of amides is 1. The first kappa shape index (κ1) is 11.2. The van der Waals surface area contributed by atoms with Crippen LogP contribution in [0.3, 0.4) is 0 Å². The second kappa shape index (κ2) is 4.09. The van der Waals surface area contributed by atoms with Gasteiger partial charge in [-0.2, -0.15) is 0 Å². The van der Waals surface area contributed by atoms with Gasteiger partial charge in [-0.05, 0) is 6.07 Å². The molecule has 0 unspecified atom stereocenters. The molecule has 2 heterocycles. The maximum atomic E-state index is 11.1. The summed E-state index contributed by atoms with van der Waals surface area (Å²) in [7, 11) is 0. The molecule has 1 amide bonds. The van der Waals surface area contributed by atoms with Crippen LogP contribution in [0.15, 0.2) is 41.1 Å². The van der Waals surface area contributed by atoms with Crippen molar-refractivity contribution in [1.29, 1.82) is 0 Å². The molecule has 0 aliphatic carbocycles. The van der Waals surface area contributed by atoms with Crippen molar-refractivity contribution in [3.63, 3.8) is 0 Å². The SMILES string of the molecule is NC(=O)c1cnc(-c2coc3ccccc23)nc1N. The van der Waals surface area contributed by atoms with E-state index in [2.05, 4.69) is 9.97 Å². The minimum Gasteiger partial charge on any atom is -0.464 e. The van der Waals surface area contributed by atoms with Crippen molar-refractivity contribution in [2.75, 3.05) is 5.73 Å². The molecule has 1 aromatic carbocycles. The Labute approximate surface area is 108 Å². The van der Waals surface area contributed by atoms with Crippen LogP contribution in [0.5, 0.6) is 0 Å². The van der Waals surface area contributed by atoms with Crippen molar-refractivity contribution >= 4 is 22.7 Å². The summed E-state index contributed by atoms with van der Waals surface area (Å²) in [5, 5.41) is 0.883. The maximum absolute atomic E-state index is 11.1. The van der Waals surface area contributed by atoms with Gasteiger partial charge in [0, 0.05) is 11.6 Å². The molecule has 0 saturated carbocycles. The van der Waals surface area contributed by atoms with E-state index in [0.717, 1.165) is 16.5 Å². The molecule has 94 valence electrons. The lowest BCUT2D eigenvalue weighted by atomic mass is 10.1. The van der Waals surface area contributed by atoms with Gasteiger partial charge in [0.2, 0.25) is 0 Å². The zero-order valence-electron chi connectivity index (χ0n) is 9.83. The third kappa shape index (κ3) is 1.79. The summed E-state index contributed by atoms with van der Waals surface area (Å²) in [6.45, 7) is 0. The highest BCUT2D eigenvalue weighted by Crippen LogP contribution is 2.28. The number of primary amides is 1. The molecule has 0 radical (unpaired) electrons. The van der Waals surface area contributed by atoms with Gasteiger partial charge in [0.25, 0.3) is 5.91 Å². The van der Waals surface area contributed by atoms with Gasteiger partial charge < -0.3 is 15.9 Å². The highest BCUT2D eigenvalue weighted by atomic mass is 16.3. The second-order valence-corrected chi connectivity index (χ2v) is 4.00. The summed E-state index contributed by atoms with van der Waals surface area (Å²) in [4.78, 5) is 19.3. The minimum atomic E-state index is -0.652. The lowest BCUT2D eigenvalue weighted by Crippen LogP contribution is -2.15. The van der Waals surface area contributed by atoms with Crippen molar-refractivity contribution in [3.05, 3.63) is 42.3 Å². The largest absolute Gasteiger partial charge is 0.464 e. The van der Waals surface area contributed by atoms with Crippen molar-refractivity contribution < 1.29 is 9.21 Å². The van der Waals surface area contributed by atoms with E-state index < -0.39 is 5.91 Å². The van der Waals surface area contributed by atoms with Crippen molar-refractivity contribution in [2.24, 2.45) is 5.73 Å². The third-order valence-electron chi connectivity index (χ3n) is 2.81. The Balaban J connectivity index is 2.17. The topological polar surface area (TPSA) is 108 Å². The molecule has 3 rings (SSSR count). The summed E-state index contributed by atoms with van der Waals surface area (Å²) in [5.74, 6) is -0.198. The van der Waals surface area contributed by atoms with Gasteiger partial charge in [-0.25, -0.2) is 9.97 Å². The molecule has 3 aromatic rings. The number of furan rings is 1. The van der Waals surface area contributed by atoms with Gasteiger partial charge in [-0.1, -0.05) is 18.2 Å². The van der Waals surface area contributed by atoms with Crippen molar-refractivity contribution in [1.82, 2.24) is 9.97 Å². The molecule has 0 saturated heterocycles. The predicted octanol–water partition coefficient (Wildman–Crippen LogP) is 1.57. The normalized spacial score (nSPS) is 10.7. The Morgan fingerprint density at radius 3 is 2.79 bits per heavy atom. The van der Waals surface area contributed by atoms with E-state index in [4.69, 9.17) is 15.9 Å². The highest BCUT2D eigenvalue weighted by Gasteiger charge is 2.13. The fourth-order valence-corrected chi connectivity index (χ4v) is 1.87. The Bertz CT molecular complexity index is 779. The van der Waals surface area contributed by atoms with Crippen LogP contribution in [-0.2, 0) is 0 Å². The van der Waals surface area contributed by atoms with Crippen molar-refractivity contribution in [3.8, 4) is 11.4 Å². The molecule has 6 heteroatoms. The van der Waals surface area contributed by atoms with Crippen LogP contribution in [-0.4, -0.2) is 15.9 Å². The number of nitrogens with two attached hydrogens (primary N) is 2. The average Bonchev–Trinajstić information content (AvgIpc) is 2.82. The monoisotopic (exact) mass is 254 g/mol. The van der Waals surface area contributed by atoms with Gasteiger partial charge in [0.15, 0.2) is 5.82 Å². The van der Waals surface area contributed by atoms with Crippen LogP contribution < -0.4 is 11.5 Å². The lowest BCUT2D eigenvalue weighted by Gasteiger charge is -2.02. The summed E-state index contributed by atoms with van der Waals surface area (Å²) < 4.78 is 5.41. The summed E-state index contributed by atoms with van der Waals surface area (Å²) in [6, 6.07) is 7.51. The van der Waals surface area contributed by atoms with Crippen molar-refractivity contribution in [2.45, 2.75) is 0 Å². The first-order chi connectivity index (χ1) is 9.16. The average molecular weight is 254 g/mol. The number of hydrogen-bond acceptors (Lipinski definition) is 5. The summed E-state index contributed by atoms with van der Waals surface area (Å²) in [6.07, 6.45) is 2.88. The highest BCUT2D eigenvalue weighted by molar-refractivity contribution is 5.97. The molecule has 0 fully saturated rings.